The van der Waals surface area contributed by atoms with Gasteiger partial charge in [-0.2, -0.15) is 0 Å². The standard InChI is InChI=1S/C22H27N3O3S/c1-15(2)13-14-28-20-8-6-5-7-19(20)21(27)24-22(29)23-17-9-11-18(12-10-17)25(4)16(3)26/h5-12,15H,13-14H2,1-4H3,(H2,23,24,27,29). The maximum atomic E-state index is 12.6. The number of hydrogen-bond acceptors (Lipinski definition) is 4. The van der Waals surface area contributed by atoms with Gasteiger partial charge in [0.05, 0.1) is 12.2 Å². The molecule has 2 rings (SSSR count). The molecule has 7 heteroatoms. The number of hydrogen-bond donors (Lipinski definition) is 2. The van der Waals surface area contributed by atoms with Crippen LogP contribution in [0.15, 0.2) is 48.5 Å². The summed E-state index contributed by atoms with van der Waals surface area (Å²) in [6.45, 7) is 6.29. The number of carbonyl (C=O) groups is 2. The molecule has 0 aliphatic heterocycles. The molecule has 154 valence electrons. The first kappa shape index (κ1) is 22.4. The quantitative estimate of drug-likeness (QED) is 0.665. The summed E-state index contributed by atoms with van der Waals surface area (Å²) in [7, 11) is 1.70. The van der Waals surface area contributed by atoms with Crippen molar-refractivity contribution in [1.82, 2.24) is 5.32 Å². The van der Waals surface area contributed by atoms with Gasteiger partial charge in [-0.15, -0.1) is 0 Å². The SMILES string of the molecule is CC(=O)N(C)c1ccc(NC(=S)NC(=O)c2ccccc2OCCC(C)C)cc1. The van der Waals surface area contributed by atoms with E-state index in [1.807, 2.05) is 6.07 Å². The Morgan fingerprint density at radius 2 is 1.76 bits per heavy atom. The van der Waals surface area contributed by atoms with Crippen LogP contribution in [0, 0.1) is 5.92 Å². The van der Waals surface area contributed by atoms with Gasteiger partial charge < -0.3 is 15.0 Å². The van der Waals surface area contributed by atoms with Crippen molar-refractivity contribution in [2.75, 3.05) is 23.9 Å². The van der Waals surface area contributed by atoms with Gasteiger partial charge in [-0.25, -0.2) is 0 Å². The fourth-order valence-electron chi connectivity index (χ4n) is 2.47. The number of nitrogens with zero attached hydrogens (tertiary/aromatic N) is 1. The molecule has 0 aliphatic rings. The van der Waals surface area contributed by atoms with Gasteiger partial charge in [-0.1, -0.05) is 26.0 Å². The smallest absolute Gasteiger partial charge is 0.261 e. The molecule has 2 N–H and O–H groups in total. The molecule has 0 radical (unpaired) electrons. The van der Waals surface area contributed by atoms with E-state index < -0.39 is 0 Å². The highest BCUT2D eigenvalue weighted by Crippen LogP contribution is 2.19. The van der Waals surface area contributed by atoms with E-state index in [1.54, 1.807) is 54.4 Å². The lowest BCUT2D eigenvalue weighted by atomic mass is 10.1. The lowest BCUT2D eigenvalue weighted by Gasteiger charge is -2.16. The fourth-order valence-corrected chi connectivity index (χ4v) is 2.68. The molecule has 0 heterocycles. The summed E-state index contributed by atoms with van der Waals surface area (Å²) in [6, 6.07) is 14.3. The van der Waals surface area contributed by atoms with Gasteiger partial charge in [0, 0.05) is 25.3 Å². The molecular weight excluding hydrogens is 386 g/mol. The highest BCUT2D eigenvalue weighted by Gasteiger charge is 2.14. The van der Waals surface area contributed by atoms with Crippen molar-refractivity contribution in [2.24, 2.45) is 5.92 Å². The number of para-hydroxylation sites is 1. The summed E-state index contributed by atoms with van der Waals surface area (Å²) >= 11 is 5.25. The number of nitrogens with one attached hydrogen (secondary N) is 2. The molecule has 0 atom stereocenters. The van der Waals surface area contributed by atoms with Crippen molar-refractivity contribution in [3.63, 3.8) is 0 Å². The third-order valence-electron chi connectivity index (χ3n) is 4.30. The van der Waals surface area contributed by atoms with Crippen LogP contribution in [-0.2, 0) is 4.79 Å². The zero-order valence-electron chi connectivity index (χ0n) is 17.2. The predicted octanol–water partition coefficient (Wildman–Crippen LogP) is 4.22. The number of benzene rings is 2. The molecule has 0 bridgehead atoms. The Kier molecular flexibility index (Phi) is 8.15. The molecule has 0 unspecified atom stereocenters. The Morgan fingerprint density at radius 3 is 2.38 bits per heavy atom. The van der Waals surface area contributed by atoms with Crippen LogP contribution >= 0.6 is 12.2 Å². The van der Waals surface area contributed by atoms with E-state index in [2.05, 4.69) is 24.5 Å². The van der Waals surface area contributed by atoms with Crippen LogP contribution in [0.3, 0.4) is 0 Å². The molecule has 0 aliphatic carbocycles. The van der Waals surface area contributed by atoms with E-state index >= 15 is 0 Å². The second-order valence-corrected chi connectivity index (χ2v) is 7.47. The van der Waals surface area contributed by atoms with Crippen LogP contribution in [0.25, 0.3) is 0 Å². The van der Waals surface area contributed by atoms with Gasteiger partial charge in [0.2, 0.25) is 5.91 Å². The lowest BCUT2D eigenvalue weighted by molar-refractivity contribution is -0.116. The van der Waals surface area contributed by atoms with Crippen LogP contribution in [0.2, 0.25) is 0 Å². The Balaban J connectivity index is 1.97. The number of ether oxygens (including phenoxy) is 1. The Hall–Kier alpha value is -2.93. The highest BCUT2D eigenvalue weighted by atomic mass is 32.1. The molecule has 2 aromatic rings. The molecule has 29 heavy (non-hydrogen) atoms. The summed E-state index contributed by atoms with van der Waals surface area (Å²) in [6.07, 6.45) is 0.907. The van der Waals surface area contributed by atoms with Crippen LogP contribution in [0.1, 0.15) is 37.6 Å². The van der Waals surface area contributed by atoms with Crippen LogP contribution in [-0.4, -0.2) is 30.6 Å². The van der Waals surface area contributed by atoms with E-state index in [9.17, 15) is 9.59 Å². The minimum atomic E-state index is -0.337. The molecule has 0 fully saturated rings. The Morgan fingerprint density at radius 1 is 1.10 bits per heavy atom. The molecule has 2 amide bonds. The first-order valence-electron chi connectivity index (χ1n) is 9.46. The summed E-state index contributed by atoms with van der Waals surface area (Å²) in [5.74, 6) is 0.665. The van der Waals surface area contributed by atoms with E-state index in [-0.39, 0.29) is 16.9 Å². The summed E-state index contributed by atoms with van der Waals surface area (Å²) in [5, 5.41) is 5.83. The normalized spacial score (nSPS) is 10.4. The van der Waals surface area contributed by atoms with Gasteiger partial charge in [-0.3, -0.25) is 14.9 Å². The van der Waals surface area contributed by atoms with Gasteiger partial charge in [-0.05, 0) is 61.0 Å². The minimum Gasteiger partial charge on any atom is -0.493 e. The second kappa shape index (κ2) is 10.6. The molecule has 6 nitrogen and oxygen atoms in total. The zero-order chi connectivity index (χ0) is 21.4. The zero-order valence-corrected chi connectivity index (χ0v) is 18.0. The Bertz CT molecular complexity index is 866. The molecule has 0 spiro atoms. The van der Waals surface area contributed by atoms with E-state index in [0.29, 0.717) is 29.5 Å². The van der Waals surface area contributed by atoms with Crippen LogP contribution < -0.4 is 20.3 Å². The third-order valence-corrected chi connectivity index (χ3v) is 4.50. The lowest BCUT2D eigenvalue weighted by Crippen LogP contribution is -2.34. The second-order valence-electron chi connectivity index (χ2n) is 7.06. The topological polar surface area (TPSA) is 70.7 Å². The van der Waals surface area contributed by atoms with Crippen molar-refractivity contribution in [2.45, 2.75) is 27.2 Å². The minimum absolute atomic E-state index is 0.0530. The molecule has 0 saturated carbocycles. The van der Waals surface area contributed by atoms with Crippen LogP contribution in [0.5, 0.6) is 5.75 Å². The largest absolute Gasteiger partial charge is 0.493 e. The summed E-state index contributed by atoms with van der Waals surface area (Å²) in [5.41, 5.74) is 1.90. The maximum Gasteiger partial charge on any atom is 0.261 e. The molecule has 0 saturated heterocycles. The predicted molar refractivity (Wildman–Crippen MR) is 121 cm³/mol. The van der Waals surface area contributed by atoms with E-state index in [0.717, 1.165) is 12.1 Å². The maximum absolute atomic E-state index is 12.6. The average molecular weight is 414 g/mol. The highest BCUT2D eigenvalue weighted by molar-refractivity contribution is 7.80. The van der Waals surface area contributed by atoms with Crippen molar-refractivity contribution in [1.29, 1.82) is 0 Å². The van der Waals surface area contributed by atoms with Gasteiger partial charge in [0.1, 0.15) is 5.75 Å². The van der Waals surface area contributed by atoms with Crippen molar-refractivity contribution >= 4 is 40.5 Å². The van der Waals surface area contributed by atoms with Gasteiger partial charge in [0.15, 0.2) is 5.11 Å². The first-order valence-corrected chi connectivity index (χ1v) is 9.87. The average Bonchev–Trinajstić information content (AvgIpc) is 2.68. The number of thiocarbonyl (C=S) groups is 1. The number of anilines is 2. The fraction of sp³-hybridized carbons (Fsp3) is 0.318. The van der Waals surface area contributed by atoms with Crippen LogP contribution in [0.4, 0.5) is 11.4 Å². The van der Waals surface area contributed by atoms with Crippen molar-refractivity contribution in [3.05, 3.63) is 54.1 Å². The Labute approximate surface area is 177 Å². The molecule has 2 aromatic carbocycles. The van der Waals surface area contributed by atoms with E-state index in [1.165, 1.54) is 6.92 Å². The number of amides is 2. The molecular formula is C22H27N3O3S. The van der Waals surface area contributed by atoms with Gasteiger partial charge in [0.25, 0.3) is 5.91 Å². The number of rotatable bonds is 7. The summed E-state index contributed by atoms with van der Waals surface area (Å²) in [4.78, 5) is 25.6. The first-order chi connectivity index (χ1) is 13.8. The van der Waals surface area contributed by atoms with E-state index in [4.69, 9.17) is 17.0 Å². The summed E-state index contributed by atoms with van der Waals surface area (Å²) < 4.78 is 5.77. The third kappa shape index (κ3) is 6.87. The van der Waals surface area contributed by atoms with Crippen molar-refractivity contribution < 1.29 is 14.3 Å². The van der Waals surface area contributed by atoms with Gasteiger partial charge >= 0.3 is 0 Å². The van der Waals surface area contributed by atoms with Crippen molar-refractivity contribution in [3.8, 4) is 5.75 Å². The monoisotopic (exact) mass is 413 g/mol. The molecule has 0 aromatic heterocycles. The number of carbonyl (C=O) groups excluding carboxylic acids is 2.